The van der Waals surface area contributed by atoms with Crippen molar-refractivity contribution in [1.29, 1.82) is 0 Å². The molecule has 0 heterocycles. The summed E-state index contributed by atoms with van der Waals surface area (Å²) >= 11 is 0. The highest BCUT2D eigenvalue weighted by atomic mass is 16.5. The molecule has 3 N–H and O–H groups in total. The van der Waals surface area contributed by atoms with E-state index in [2.05, 4.69) is 26.1 Å². The first kappa shape index (κ1) is 17.2. The number of fused-ring (bicyclic) bond motifs is 2. The third-order valence-corrected chi connectivity index (χ3v) is 6.56. The van der Waals surface area contributed by atoms with Gasteiger partial charge in [-0.25, -0.2) is 0 Å². The average molecular weight is 299 g/mol. The van der Waals surface area contributed by atoms with Crippen molar-refractivity contribution in [2.24, 2.45) is 16.7 Å². The molecule has 2 saturated carbocycles. The number of nitrogens with one attached hydrogen (secondary N) is 1. The quantitative estimate of drug-likeness (QED) is 0.641. The zero-order chi connectivity index (χ0) is 15.7. The third kappa shape index (κ3) is 3.14. The monoisotopic (exact) mass is 299 g/mol. The average Bonchev–Trinajstić information content (AvgIpc) is 2.79. The van der Waals surface area contributed by atoms with Crippen LogP contribution in [0.3, 0.4) is 0 Å². The first-order valence-electron chi connectivity index (χ1n) is 8.49. The lowest BCUT2D eigenvalue weighted by Gasteiger charge is -2.39. The molecule has 0 aliphatic heterocycles. The second-order valence-electron chi connectivity index (χ2n) is 7.78. The Kier molecular flexibility index (Phi) is 5.35. The van der Waals surface area contributed by atoms with E-state index in [1.807, 2.05) is 6.92 Å². The molecule has 0 aromatic rings. The first-order chi connectivity index (χ1) is 9.85. The molecule has 0 spiro atoms. The summed E-state index contributed by atoms with van der Waals surface area (Å²) in [7, 11) is 0. The maximum absolute atomic E-state index is 10.1. The van der Waals surface area contributed by atoms with Crippen molar-refractivity contribution in [3.8, 4) is 0 Å². The topological polar surface area (TPSA) is 61.7 Å². The van der Waals surface area contributed by atoms with E-state index in [0.717, 1.165) is 18.8 Å². The molecule has 4 nitrogen and oxygen atoms in total. The normalized spacial score (nSPS) is 36.9. The smallest absolute Gasteiger partial charge is 0.0897 e. The van der Waals surface area contributed by atoms with Gasteiger partial charge in [-0.15, -0.1) is 0 Å². The Balaban J connectivity index is 1.77. The number of hydrogen-bond donors (Lipinski definition) is 3. The molecule has 2 aliphatic carbocycles. The predicted molar refractivity (Wildman–Crippen MR) is 84.1 cm³/mol. The van der Waals surface area contributed by atoms with Crippen LogP contribution in [-0.2, 0) is 4.74 Å². The summed E-state index contributed by atoms with van der Waals surface area (Å²) in [6.07, 6.45) is 4.34. The van der Waals surface area contributed by atoms with Crippen LogP contribution < -0.4 is 5.32 Å². The molecule has 0 aromatic carbocycles. The van der Waals surface area contributed by atoms with Gasteiger partial charge in [0.05, 0.1) is 25.4 Å². The summed E-state index contributed by atoms with van der Waals surface area (Å²) in [5, 5.41) is 22.4. The van der Waals surface area contributed by atoms with Crippen LogP contribution in [0.25, 0.3) is 0 Å². The fourth-order valence-electron chi connectivity index (χ4n) is 4.31. The zero-order valence-corrected chi connectivity index (χ0v) is 14.1. The van der Waals surface area contributed by atoms with Gasteiger partial charge in [-0.2, -0.15) is 0 Å². The first-order valence-corrected chi connectivity index (χ1v) is 8.49. The van der Waals surface area contributed by atoms with Crippen LogP contribution in [-0.4, -0.2) is 48.2 Å². The molecule has 0 saturated heterocycles. The SMILES string of the molecule is CC[C@H](CO)NC[C@@H](O)CO[C@@H]1C[C@@H]2CC[C@]1(C)C2(C)C. The van der Waals surface area contributed by atoms with Crippen molar-refractivity contribution in [3.63, 3.8) is 0 Å². The minimum absolute atomic E-state index is 0.0681. The second kappa shape index (κ2) is 6.53. The lowest BCUT2D eigenvalue weighted by Crippen LogP contribution is -2.42. The second-order valence-corrected chi connectivity index (χ2v) is 7.78. The molecule has 5 atom stereocenters. The van der Waals surface area contributed by atoms with Crippen LogP contribution >= 0.6 is 0 Å². The van der Waals surface area contributed by atoms with E-state index < -0.39 is 6.10 Å². The van der Waals surface area contributed by atoms with Crippen molar-refractivity contribution < 1.29 is 14.9 Å². The van der Waals surface area contributed by atoms with Gasteiger partial charge in [0.1, 0.15) is 0 Å². The standard InChI is InChI=1S/C17H33NO3/c1-5-13(10-19)18-9-14(20)11-21-15-8-12-6-7-17(15,4)16(12,2)3/h12-15,18-20H,5-11H2,1-4H3/t12-,13+,14+,15+,17-/m0/s1. The van der Waals surface area contributed by atoms with Gasteiger partial charge in [0.15, 0.2) is 0 Å². The summed E-state index contributed by atoms with van der Waals surface area (Å²) in [6, 6.07) is 0.0681. The maximum Gasteiger partial charge on any atom is 0.0897 e. The number of ether oxygens (including phenoxy) is 1. The third-order valence-electron chi connectivity index (χ3n) is 6.56. The molecular formula is C17H33NO3. The van der Waals surface area contributed by atoms with E-state index >= 15 is 0 Å². The van der Waals surface area contributed by atoms with Crippen molar-refractivity contribution in [3.05, 3.63) is 0 Å². The van der Waals surface area contributed by atoms with Crippen LogP contribution in [0, 0.1) is 16.7 Å². The van der Waals surface area contributed by atoms with E-state index in [1.54, 1.807) is 0 Å². The van der Waals surface area contributed by atoms with Crippen LogP contribution in [0.4, 0.5) is 0 Å². The number of hydrogen-bond acceptors (Lipinski definition) is 4. The molecule has 2 bridgehead atoms. The minimum Gasteiger partial charge on any atom is -0.395 e. The molecule has 0 radical (unpaired) electrons. The van der Waals surface area contributed by atoms with Gasteiger partial charge >= 0.3 is 0 Å². The summed E-state index contributed by atoms with van der Waals surface area (Å²) in [5.41, 5.74) is 0.604. The van der Waals surface area contributed by atoms with Crippen molar-refractivity contribution >= 4 is 0 Å². The Morgan fingerprint density at radius 1 is 1.33 bits per heavy atom. The van der Waals surface area contributed by atoms with Crippen molar-refractivity contribution in [2.75, 3.05) is 19.8 Å². The molecule has 0 aromatic heterocycles. The summed E-state index contributed by atoms with van der Waals surface area (Å²) in [5.74, 6) is 0.765. The minimum atomic E-state index is -0.503. The molecular weight excluding hydrogens is 266 g/mol. The lowest BCUT2D eigenvalue weighted by molar-refractivity contribution is -0.0746. The van der Waals surface area contributed by atoms with Gasteiger partial charge in [-0.1, -0.05) is 27.7 Å². The number of rotatable bonds is 8. The summed E-state index contributed by atoms with van der Waals surface area (Å²) in [6.45, 7) is 10.1. The molecule has 2 rings (SSSR count). The highest BCUT2D eigenvalue weighted by molar-refractivity contribution is 5.11. The largest absolute Gasteiger partial charge is 0.395 e. The van der Waals surface area contributed by atoms with Gasteiger partial charge in [0, 0.05) is 12.6 Å². The van der Waals surface area contributed by atoms with Crippen LogP contribution in [0.15, 0.2) is 0 Å². The molecule has 21 heavy (non-hydrogen) atoms. The number of aliphatic hydroxyl groups is 2. The predicted octanol–water partition coefficient (Wildman–Crippen LogP) is 1.94. The van der Waals surface area contributed by atoms with Gasteiger partial charge in [-0.3, -0.25) is 0 Å². The van der Waals surface area contributed by atoms with E-state index in [9.17, 15) is 5.11 Å². The highest BCUT2D eigenvalue weighted by Crippen LogP contribution is 2.66. The fourth-order valence-corrected chi connectivity index (χ4v) is 4.31. The van der Waals surface area contributed by atoms with Gasteiger partial charge in [0.25, 0.3) is 0 Å². The zero-order valence-electron chi connectivity index (χ0n) is 14.1. The van der Waals surface area contributed by atoms with Crippen molar-refractivity contribution in [1.82, 2.24) is 5.32 Å². The summed E-state index contributed by atoms with van der Waals surface area (Å²) < 4.78 is 6.08. The Morgan fingerprint density at radius 2 is 2.05 bits per heavy atom. The van der Waals surface area contributed by atoms with E-state index in [1.165, 1.54) is 12.8 Å². The lowest BCUT2D eigenvalue weighted by atomic mass is 9.70. The van der Waals surface area contributed by atoms with Gasteiger partial charge < -0.3 is 20.3 Å². The Morgan fingerprint density at radius 3 is 2.52 bits per heavy atom. The van der Waals surface area contributed by atoms with Crippen LogP contribution in [0.1, 0.15) is 53.4 Å². The van der Waals surface area contributed by atoms with Crippen molar-refractivity contribution in [2.45, 2.75) is 71.6 Å². The molecule has 2 fully saturated rings. The molecule has 0 amide bonds. The van der Waals surface area contributed by atoms with Gasteiger partial charge in [0.2, 0.25) is 0 Å². The Labute approximate surface area is 129 Å². The highest BCUT2D eigenvalue weighted by Gasteiger charge is 2.61. The Bertz CT molecular complexity index is 343. The van der Waals surface area contributed by atoms with Gasteiger partial charge in [-0.05, 0) is 42.4 Å². The van der Waals surface area contributed by atoms with E-state index in [-0.39, 0.29) is 24.2 Å². The molecule has 2 aliphatic rings. The van der Waals surface area contributed by atoms with Crippen LogP contribution in [0.5, 0.6) is 0 Å². The fraction of sp³-hybridized carbons (Fsp3) is 1.00. The van der Waals surface area contributed by atoms with Crippen LogP contribution in [0.2, 0.25) is 0 Å². The van der Waals surface area contributed by atoms with E-state index in [0.29, 0.717) is 18.6 Å². The Hall–Kier alpha value is -0.160. The summed E-state index contributed by atoms with van der Waals surface area (Å²) in [4.78, 5) is 0. The number of aliphatic hydroxyl groups excluding tert-OH is 2. The molecule has 124 valence electrons. The van der Waals surface area contributed by atoms with E-state index in [4.69, 9.17) is 9.84 Å². The molecule has 0 unspecified atom stereocenters. The molecule has 4 heteroatoms. The maximum atomic E-state index is 10.1.